The molecule has 0 saturated carbocycles. The van der Waals surface area contributed by atoms with Crippen LogP contribution in [0, 0.1) is 0 Å². The minimum atomic E-state index is -0.205. The van der Waals surface area contributed by atoms with E-state index in [1.165, 1.54) is 18.5 Å². The van der Waals surface area contributed by atoms with Crippen LogP contribution in [0.5, 0.6) is 11.6 Å². The van der Waals surface area contributed by atoms with Gasteiger partial charge in [0, 0.05) is 18.5 Å². The molecule has 0 amide bonds. The van der Waals surface area contributed by atoms with E-state index in [-0.39, 0.29) is 17.4 Å². The van der Waals surface area contributed by atoms with Crippen LogP contribution in [0.15, 0.2) is 35.7 Å². The molecule has 0 bridgehead atoms. The smallest absolute Gasteiger partial charge is 0.249 e. The third kappa shape index (κ3) is 3.04. The molecule has 0 atom stereocenters. The lowest BCUT2D eigenvalue weighted by Crippen LogP contribution is -2.16. The Labute approximate surface area is 118 Å². The van der Waals surface area contributed by atoms with Crippen LogP contribution in [-0.4, -0.2) is 21.0 Å². The molecular weight excluding hydrogens is 291 g/mol. The Balaban J connectivity index is 2.35. The van der Waals surface area contributed by atoms with Gasteiger partial charge in [-0.2, -0.15) is 0 Å². The van der Waals surface area contributed by atoms with Crippen LogP contribution in [0.3, 0.4) is 0 Å². The first kappa shape index (κ1) is 13.4. The summed E-state index contributed by atoms with van der Waals surface area (Å²) in [6.07, 6.45) is 2.82. The van der Waals surface area contributed by atoms with Gasteiger partial charge in [0.1, 0.15) is 5.75 Å². The third-order valence-electron chi connectivity index (χ3n) is 2.12. The zero-order valence-electron chi connectivity index (χ0n) is 9.42. The number of halogens is 2. The quantitative estimate of drug-likeness (QED) is 0.393. The van der Waals surface area contributed by atoms with Crippen molar-refractivity contribution in [2.24, 2.45) is 10.9 Å². The van der Waals surface area contributed by atoms with Gasteiger partial charge in [0.05, 0.1) is 10.0 Å². The standard InChI is InChI=1S/C11H8Cl2N4O2/c12-7-2-1-6(5-8(7)13)19-11-9(10(14)17-18)15-3-4-16-11/h1-5,18H,(H2,14,17). The van der Waals surface area contributed by atoms with Gasteiger partial charge in [0.15, 0.2) is 11.5 Å². The van der Waals surface area contributed by atoms with Crippen LogP contribution >= 0.6 is 23.2 Å². The fourth-order valence-corrected chi connectivity index (χ4v) is 1.56. The number of aromatic nitrogens is 2. The molecule has 0 fully saturated rings. The van der Waals surface area contributed by atoms with Gasteiger partial charge in [-0.3, -0.25) is 0 Å². The average molecular weight is 299 g/mol. The van der Waals surface area contributed by atoms with E-state index in [1.807, 2.05) is 0 Å². The lowest BCUT2D eigenvalue weighted by Gasteiger charge is -2.08. The van der Waals surface area contributed by atoms with Crippen molar-refractivity contribution < 1.29 is 9.94 Å². The molecule has 2 rings (SSSR count). The van der Waals surface area contributed by atoms with E-state index < -0.39 is 0 Å². The van der Waals surface area contributed by atoms with Crippen LogP contribution in [-0.2, 0) is 0 Å². The predicted octanol–water partition coefficient (Wildman–Crippen LogP) is 2.67. The van der Waals surface area contributed by atoms with Gasteiger partial charge >= 0.3 is 0 Å². The summed E-state index contributed by atoms with van der Waals surface area (Å²) in [5.41, 5.74) is 5.59. The third-order valence-corrected chi connectivity index (χ3v) is 2.86. The predicted molar refractivity (Wildman–Crippen MR) is 71.1 cm³/mol. The maximum absolute atomic E-state index is 8.66. The van der Waals surface area contributed by atoms with Crippen molar-refractivity contribution in [3.05, 3.63) is 46.3 Å². The summed E-state index contributed by atoms with van der Waals surface area (Å²) >= 11 is 11.7. The molecule has 98 valence electrons. The Kier molecular flexibility index (Phi) is 4.03. The highest BCUT2D eigenvalue weighted by molar-refractivity contribution is 6.42. The first-order valence-electron chi connectivity index (χ1n) is 5.03. The van der Waals surface area contributed by atoms with Crippen molar-refractivity contribution >= 4 is 29.0 Å². The number of hydrogen-bond acceptors (Lipinski definition) is 5. The van der Waals surface area contributed by atoms with E-state index in [0.29, 0.717) is 15.8 Å². The zero-order chi connectivity index (χ0) is 13.8. The summed E-state index contributed by atoms with van der Waals surface area (Å²) < 4.78 is 5.48. The van der Waals surface area contributed by atoms with E-state index in [2.05, 4.69) is 15.1 Å². The summed E-state index contributed by atoms with van der Waals surface area (Å²) in [6, 6.07) is 4.71. The Hall–Kier alpha value is -2.05. The molecule has 1 aromatic carbocycles. The molecule has 0 unspecified atom stereocenters. The number of ether oxygens (including phenoxy) is 1. The molecular formula is C11H8Cl2N4O2. The van der Waals surface area contributed by atoms with Crippen LogP contribution < -0.4 is 10.5 Å². The van der Waals surface area contributed by atoms with Crippen molar-refractivity contribution in [1.29, 1.82) is 0 Å². The Morgan fingerprint density at radius 2 is 1.95 bits per heavy atom. The van der Waals surface area contributed by atoms with Gasteiger partial charge in [0.2, 0.25) is 5.88 Å². The van der Waals surface area contributed by atoms with Crippen molar-refractivity contribution in [3.63, 3.8) is 0 Å². The highest BCUT2D eigenvalue weighted by atomic mass is 35.5. The van der Waals surface area contributed by atoms with Crippen LogP contribution in [0.4, 0.5) is 0 Å². The fraction of sp³-hybridized carbons (Fsp3) is 0. The van der Waals surface area contributed by atoms with Crippen molar-refractivity contribution in [2.45, 2.75) is 0 Å². The number of hydrogen-bond donors (Lipinski definition) is 2. The molecule has 0 aliphatic rings. The first-order chi connectivity index (χ1) is 9.11. The van der Waals surface area contributed by atoms with Gasteiger partial charge in [-0.25, -0.2) is 9.97 Å². The second kappa shape index (κ2) is 5.73. The normalized spacial score (nSPS) is 11.4. The molecule has 0 saturated heterocycles. The number of benzene rings is 1. The molecule has 2 aromatic rings. The van der Waals surface area contributed by atoms with E-state index >= 15 is 0 Å². The minimum absolute atomic E-state index is 0.0937. The monoisotopic (exact) mass is 298 g/mol. The van der Waals surface area contributed by atoms with E-state index in [0.717, 1.165) is 0 Å². The van der Waals surface area contributed by atoms with Crippen LogP contribution in [0.2, 0.25) is 10.0 Å². The van der Waals surface area contributed by atoms with Gasteiger partial charge in [-0.15, -0.1) is 0 Å². The fourth-order valence-electron chi connectivity index (χ4n) is 1.27. The molecule has 0 spiro atoms. The van der Waals surface area contributed by atoms with E-state index in [4.69, 9.17) is 38.9 Å². The Morgan fingerprint density at radius 3 is 2.63 bits per heavy atom. The minimum Gasteiger partial charge on any atom is -0.437 e. The second-order valence-corrected chi connectivity index (χ2v) is 4.19. The largest absolute Gasteiger partial charge is 0.437 e. The van der Waals surface area contributed by atoms with E-state index in [1.54, 1.807) is 12.1 Å². The van der Waals surface area contributed by atoms with Crippen molar-refractivity contribution in [2.75, 3.05) is 0 Å². The Morgan fingerprint density at radius 1 is 1.21 bits per heavy atom. The number of nitrogens with two attached hydrogens (primary N) is 1. The molecule has 3 N–H and O–H groups in total. The maximum Gasteiger partial charge on any atom is 0.249 e. The second-order valence-electron chi connectivity index (χ2n) is 3.37. The van der Waals surface area contributed by atoms with E-state index in [9.17, 15) is 0 Å². The van der Waals surface area contributed by atoms with Crippen LogP contribution in [0.25, 0.3) is 0 Å². The molecule has 1 heterocycles. The molecule has 1 aromatic heterocycles. The molecule has 8 heteroatoms. The summed E-state index contributed by atoms with van der Waals surface area (Å²) in [7, 11) is 0. The average Bonchev–Trinajstić information content (AvgIpc) is 2.43. The summed E-state index contributed by atoms with van der Waals surface area (Å²) in [6.45, 7) is 0. The molecule has 19 heavy (non-hydrogen) atoms. The van der Waals surface area contributed by atoms with Gasteiger partial charge in [-0.05, 0) is 12.1 Å². The van der Waals surface area contributed by atoms with Crippen LogP contribution in [0.1, 0.15) is 5.69 Å². The van der Waals surface area contributed by atoms with Gasteiger partial charge in [-0.1, -0.05) is 28.4 Å². The molecule has 6 nitrogen and oxygen atoms in total. The topological polar surface area (TPSA) is 93.6 Å². The van der Waals surface area contributed by atoms with Gasteiger partial charge < -0.3 is 15.7 Å². The zero-order valence-corrected chi connectivity index (χ0v) is 10.9. The highest BCUT2D eigenvalue weighted by Gasteiger charge is 2.12. The maximum atomic E-state index is 8.66. The number of rotatable bonds is 3. The molecule has 0 aliphatic carbocycles. The lowest BCUT2D eigenvalue weighted by molar-refractivity contribution is 0.318. The summed E-state index contributed by atoms with van der Waals surface area (Å²) in [5.74, 6) is 0.293. The number of amidine groups is 1. The van der Waals surface area contributed by atoms with Crippen molar-refractivity contribution in [1.82, 2.24) is 9.97 Å². The summed E-state index contributed by atoms with van der Waals surface area (Å²) in [5, 5.41) is 12.3. The SMILES string of the molecule is NC(=NO)c1nccnc1Oc1ccc(Cl)c(Cl)c1. The highest BCUT2D eigenvalue weighted by Crippen LogP contribution is 2.29. The van der Waals surface area contributed by atoms with Crippen molar-refractivity contribution in [3.8, 4) is 11.6 Å². The Bertz CT molecular complexity index is 634. The molecule has 0 radical (unpaired) electrons. The summed E-state index contributed by atoms with van der Waals surface area (Å²) in [4.78, 5) is 7.89. The number of oxime groups is 1. The molecule has 0 aliphatic heterocycles. The first-order valence-corrected chi connectivity index (χ1v) is 5.79. The lowest BCUT2D eigenvalue weighted by atomic mass is 10.3. The van der Waals surface area contributed by atoms with Gasteiger partial charge in [0.25, 0.3) is 0 Å². The number of nitrogens with zero attached hydrogens (tertiary/aromatic N) is 3.